The Labute approximate surface area is 419 Å². The van der Waals surface area contributed by atoms with Crippen molar-refractivity contribution in [3.05, 3.63) is 272 Å². The van der Waals surface area contributed by atoms with Gasteiger partial charge in [-0.05, 0) is 174 Å². The summed E-state index contributed by atoms with van der Waals surface area (Å²) in [4.78, 5) is 2.41. The lowest BCUT2D eigenvalue weighted by Gasteiger charge is -2.26. The number of allylic oxidation sites excluding steroid dienone is 1. The summed E-state index contributed by atoms with van der Waals surface area (Å²) in [5.74, 6) is 0. The second-order valence-electron chi connectivity index (χ2n) is 19.2. The van der Waals surface area contributed by atoms with E-state index in [4.69, 9.17) is 0 Å². The molecule has 2 nitrogen and oxygen atoms in total. The van der Waals surface area contributed by atoms with Crippen LogP contribution in [0, 0.1) is 0 Å². The van der Waals surface area contributed by atoms with Gasteiger partial charge < -0.3 is 9.47 Å². The first-order chi connectivity index (χ1) is 35.7. The largest absolute Gasteiger partial charge is 0.310 e. The van der Waals surface area contributed by atoms with Crippen molar-refractivity contribution in [3.8, 4) is 50.2 Å². The number of para-hydroxylation sites is 1. The van der Waals surface area contributed by atoms with Crippen LogP contribution in [0.25, 0.3) is 110 Å². The van der Waals surface area contributed by atoms with Crippen LogP contribution in [0.1, 0.15) is 17.5 Å². The van der Waals surface area contributed by atoms with Gasteiger partial charge in [-0.15, -0.1) is 0 Å². The Morgan fingerprint density at radius 2 is 0.931 bits per heavy atom. The molecule has 1 heterocycles. The van der Waals surface area contributed by atoms with E-state index in [1.54, 1.807) is 0 Å². The molecule has 0 fully saturated rings. The maximum atomic E-state index is 2.47. The molecule has 12 aromatic carbocycles. The molecule has 14 rings (SSSR count). The highest BCUT2D eigenvalue weighted by Gasteiger charge is 2.21. The van der Waals surface area contributed by atoms with Crippen LogP contribution < -0.4 is 4.90 Å². The predicted molar refractivity (Wildman–Crippen MR) is 307 cm³/mol. The molecule has 1 aromatic heterocycles. The van der Waals surface area contributed by atoms with Gasteiger partial charge >= 0.3 is 0 Å². The van der Waals surface area contributed by atoms with Gasteiger partial charge in [-0.3, -0.25) is 0 Å². The first kappa shape index (κ1) is 41.7. The van der Waals surface area contributed by atoms with Crippen LogP contribution >= 0.6 is 0 Å². The second kappa shape index (κ2) is 17.3. The summed E-state index contributed by atoms with van der Waals surface area (Å²) in [6.07, 6.45) is 6.73. The zero-order valence-corrected chi connectivity index (χ0v) is 39.7. The maximum absolute atomic E-state index is 2.47. The normalized spacial score (nSPS) is 12.3. The molecule has 72 heavy (non-hydrogen) atoms. The van der Waals surface area contributed by atoms with Crippen molar-refractivity contribution < 1.29 is 0 Å². The lowest BCUT2D eigenvalue weighted by molar-refractivity contribution is 0.988. The number of hydrogen-bond donors (Lipinski definition) is 0. The molecule has 338 valence electrons. The van der Waals surface area contributed by atoms with Gasteiger partial charge in [0.15, 0.2) is 0 Å². The third kappa shape index (κ3) is 7.10. The van der Waals surface area contributed by atoms with E-state index >= 15 is 0 Å². The fourth-order valence-electron chi connectivity index (χ4n) is 11.6. The SMILES string of the molecule is C1=Cc2cc3c(cc2CC1)c1c(-c2cccc(N(c4ccc(-c5ccc(-c6cccc7ccccc67)cc5)cc4)c4ccc(-c5cc6ccccc6c6ccccc56)cc4)c2)cccc1n3-c1ccccc1. The standard InChI is InChI=1S/C70H48N2/c1-2-21-56(22-3-1)72-68-30-14-29-63(70(68)67-44-52-16-4-5-17-53(52)46-69(67)72)54-20-12-23-59(43-54)71(58-41-37-51(38-42-58)66-45-55-18-7-9-25-62(55)64-26-10-11-27-65(64)66)57-39-35-48(36-40-57)47-31-33-50(34-32-47)61-28-13-19-49-15-6-8-24-60(49)61/h1-3,5-15,17-46H,4,16H2. The Morgan fingerprint density at radius 3 is 1.72 bits per heavy atom. The van der Waals surface area contributed by atoms with Crippen LogP contribution in [0.3, 0.4) is 0 Å². The minimum absolute atomic E-state index is 1.05. The van der Waals surface area contributed by atoms with Gasteiger partial charge in [-0.2, -0.15) is 0 Å². The van der Waals surface area contributed by atoms with E-state index in [2.05, 4.69) is 276 Å². The molecule has 0 saturated heterocycles. The average molecular weight is 917 g/mol. The zero-order chi connectivity index (χ0) is 47.5. The molecule has 0 aliphatic heterocycles. The van der Waals surface area contributed by atoms with Gasteiger partial charge in [0.25, 0.3) is 0 Å². The lowest BCUT2D eigenvalue weighted by atomic mass is 9.93. The fraction of sp³-hybridized carbons (Fsp3) is 0.0286. The lowest BCUT2D eigenvalue weighted by Crippen LogP contribution is -2.10. The molecule has 1 aliphatic rings. The van der Waals surface area contributed by atoms with E-state index in [1.165, 1.54) is 115 Å². The molecule has 0 bridgehead atoms. The van der Waals surface area contributed by atoms with Crippen LogP contribution in [-0.2, 0) is 6.42 Å². The summed E-state index contributed by atoms with van der Waals surface area (Å²) < 4.78 is 2.45. The van der Waals surface area contributed by atoms with E-state index in [9.17, 15) is 0 Å². The quantitative estimate of drug-likeness (QED) is 0.138. The first-order valence-corrected chi connectivity index (χ1v) is 25.1. The number of anilines is 3. The number of fused-ring (bicyclic) bond motifs is 8. The highest BCUT2D eigenvalue weighted by molar-refractivity contribution is 6.17. The van der Waals surface area contributed by atoms with E-state index in [1.807, 2.05) is 0 Å². The molecule has 0 saturated carbocycles. The molecule has 1 aliphatic carbocycles. The van der Waals surface area contributed by atoms with E-state index in [0.29, 0.717) is 0 Å². The predicted octanol–water partition coefficient (Wildman–Crippen LogP) is 19.3. The molecule has 0 amide bonds. The molecule has 0 unspecified atom stereocenters. The number of nitrogens with zero attached hydrogens (tertiary/aromatic N) is 2. The Kier molecular flexibility index (Phi) is 10.0. The maximum Gasteiger partial charge on any atom is 0.0547 e. The summed E-state index contributed by atoms with van der Waals surface area (Å²) in [5, 5.41) is 10.1. The van der Waals surface area contributed by atoms with Crippen molar-refractivity contribution in [2.45, 2.75) is 12.8 Å². The summed E-state index contributed by atoms with van der Waals surface area (Å²) in [7, 11) is 0. The number of aryl methyl sites for hydroxylation is 1. The molecule has 0 atom stereocenters. The van der Waals surface area contributed by atoms with Crippen LogP contribution in [0.4, 0.5) is 17.1 Å². The minimum atomic E-state index is 1.05. The van der Waals surface area contributed by atoms with Crippen LogP contribution in [0.15, 0.2) is 261 Å². The molecule has 0 spiro atoms. The van der Waals surface area contributed by atoms with E-state index in [0.717, 1.165) is 29.9 Å². The van der Waals surface area contributed by atoms with Gasteiger partial charge in [-0.25, -0.2) is 0 Å². The molecule has 13 aromatic rings. The number of rotatable bonds is 8. The van der Waals surface area contributed by atoms with Gasteiger partial charge in [0, 0.05) is 33.5 Å². The smallest absolute Gasteiger partial charge is 0.0547 e. The van der Waals surface area contributed by atoms with Crippen molar-refractivity contribution in [1.29, 1.82) is 0 Å². The van der Waals surface area contributed by atoms with Gasteiger partial charge in [0.2, 0.25) is 0 Å². The molecule has 2 heteroatoms. The van der Waals surface area contributed by atoms with Crippen LogP contribution in [-0.4, -0.2) is 4.57 Å². The highest BCUT2D eigenvalue weighted by Crippen LogP contribution is 2.44. The Morgan fingerprint density at radius 1 is 0.333 bits per heavy atom. The van der Waals surface area contributed by atoms with Crippen molar-refractivity contribution in [3.63, 3.8) is 0 Å². The number of aromatic nitrogens is 1. The zero-order valence-electron chi connectivity index (χ0n) is 39.7. The van der Waals surface area contributed by atoms with Crippen molar-refractivity contribution in [2.24, 2.45) is 0 Å². The average Bonchev–Trinajstić information content (AvgIpc) is 3.78. The topological polar surface area (TPSA) is 8.17 Å². The van der Waals surface area contributed by atoms with Crippen LogP contribution in [0.5, 0.6) is 0 Å². The van der Waals surface area contributed by atoms with E-state index in [-0.39, 0.29) is 0 Å². The van der Waals surface area contributed by atoms with Crippen molar-refractivity contribution >= 4 is 77.3 Å². The summed E-state index contributed by atoms with van der Waals surface area (Å²) in [5.41, 5.74) is 19.3. The van der Waals surface area contributed by atoms with Gasteiger partial charge in [0.1, 0.15) is 0 Å². The second-order valence-corrected chi connectivity index (χ2v) is 19.2. The van der Waals surface area contributed by atoms with Crippen LogP contribution in [0.2, 0.25) is 0 Å². The molecular formula is C70H48N2. The molecule has 0 N–H and O–H groups in total. The Hall–Kier alpha value is -9.24. The summed E-state index contributed by atoms with van der Waals surface area (Å²) >= 11 is 0. The van der Waals surface area contributed by atoms with Crippen molar-refractivity contribution in [2.75, 3.05) is 4.90 Å². The minimum Gasteiger partial charge on any atom is -0.310 e. The molecule has 0 radical (unpaired) electrons. The van der Waals surface area contributed by atoms with Gasteiger partial charge in [0.05, 0.1) is 11.0 Å². The third-order valence-electron chi connectivity index (χ3n) is 15.0. The fourth-order valence-corrected chi connectivity index (χ4v) is 11.6. The monoisotopic (exact) mass is 916 g/mol. The van der Waals surface area contributed by atoms with E-state index < -0.39 is 0 Å². The first-order valence-electron chi connectivity index (χ1n) is 25.1. The number of hydrogen-bond acceptors (Lipinski definition) is 1. The summed E-state index contributed by atoms with van der Waals surface area (Å²) in [6.45, 7) is 0. The molecular weight excluding hydrogens is 869 g/mol. The third-order valence-corrected chi connectivity index (χ3v) is 15.0. The Bertz CT molecular complexity index is 4230. The summed E-state index contributed by atoms with van der Waals surface area (Å²) in [6, 6.07) is 94.0. The van der Waals surface area contributed by atoms with Crippen molar-refractivity contribution in [1.82, 2.24) is 4.57 Å². The number of benzene rings is 12. The van der Waals surface area contributed by atoms with Gasteiger partial charge in [-0.1, -0.05) is 194 Å². The highest BCUT2D eigenvalue weighted by atomic mass is 15.1. The Balaban J connectivity index is 0.894.